The Balaban J connectivity index is 1.44. The smallest absolute Gasteiger partial charge is 0.428 e. The van der Waals surface area contributed by atoms with Gasteiger partial charge in [-0.2, -0.15) is 15.5 Å². The second-order valence-electron chi connectivity index (χ2n) is 8.37. The fourth-order valence-electron chi connectivity index (χ4n) is 4.23. The van der Waals surface area contributed by atoms with Gasteiger partial charge in [0.1, 0.15) is 11.4 Å². The molecule has 0 bridgehead atoms. The van der Waals surface area contributed by atoms with Crippen LogP contribution in [-0.2, 0) is 4.74 Å². The molecule has 172 valence electrons. The summed E-state index contributed by atoms with van der Waals surface area (Å²) in [6.45, 7) is 5.76. The van der Waals surface area contributed by atoms with Crippen molar-refractivity contribution in [2.24, 2.45) is 5.10 Å². The van der Waals surface area contributed by atoms with E-state index >= 15 is 0 Å². The number of nitriles is 1. The lowest BCUT2D eigenvalue weighted by atomic mass is 9.82. The van der Waals surface area contributed by atoms with Gasteiger partial charge in [-0.15, -0.1) is 0 Å². The molecule has 1 aromatic heterocycles. The lowest BCUT2D eigenvalue weighted by Gasteiger charge is -2.43. The van der Waals surface area contributed by atoms with Crippen molar-refractivity contribution in [1.29, 1.82) is 5.26 Å². The number of hydrazone groups is 1. The van der Waals surface area contributed by atoms with E-state index in [2.05, 4.69) is 52.9 Å². The minimum absolute atomic E-state index is 0.0891. The number of carbonyl (C=O) groups is 2. The summed E-state index contributed by atoms with van der Waals surface area (Å²) in [5, 5.41) is 23.4. The van der Waals surface area contributed by atoms with Crippen molar-refractivity contribution in [3.8, 4) is 6.07 Å². The Morgan fingerprint density at radius 1 is 1.39 bits per heavy atom. The molecule has 2 amide bonds. The number of H-pyrrole nitrogens is 1. The zero-order chi connectivity index (χ0) is 23.6. The van der Waals surface area contributed by atoms with Crippen LogP contribution in [0.4, 0.5) is 4.79 Å². The molecule has 2 aliphatic rings. The van der Waals surface area contributed by atoms with Gasteiger partial charge in [0.05, 0.1) is 11.6 Å². The molecule has 10 nitrogen and oxygen atoms in total. The Morgan fingerprint density at radius 3 is 2.82 bits per heavy atom. The van der Waals surface area contributed by atoms with Gasteiger partial charge < -0.3 is 15.0 Å². The van der Waals surface area contributed by atoms with Crippen molar-refractivity contribution >= 4 is 33.6 Å². The molecule has 0 radical (unpaired) electrons. The first-order valence-electron chi connectivity index (χ1n) is 10.6. The van der Waals surface area contributed by atoms with Gasteiger partial charge in [0, 0.05) is 54.2 Å². The Labute approximate surface area is 199 Å². The molecule has 1 atom stereocenters. The third-order valence-electron chi connectivity index (χ3n) is 5.84. The average Bonchev–Trinajstić information content (AvgIpc) is 3.23. The molecule has 0 aliphatic carbocycles. The summed E-state index contributed by atoms with van der Waals surface area (Å²) in [6.07, 6.45) is 0.498. The SMILES string of the molecule is Cc1cc(C(=O)N[C@@H](C)CN2CCC3(CC2)OC(=O)NN=C3c2cc(C#N)ccc2Br)n[nH]1. The van der Waals surface area contributed by atoms with Gasteiger partial charge in [-0.05, 0) is 38.1 Å². The molecule has 1 saturated heterocycles. The number of aromatic nitrogens is 2. The van der Waals surface area contributed by atoms with Crippen LogP contribution in [0.15, 0.2) is 33.8 Å². The van der Waals surface area contributed by atoms with Crippen LogP contribution in [0.5, 0.6) is 0 Å². The van der Waals surface area contributed by atoms with E-state index in [1.165, 1.54) is 0 Å². The van der Waals surface area contributed by atoms with Crippen molar-refractivity contribution in [1.82, 2.24) is 25.8 Å². The van der Waals surface area contributed by atoms with Crippen LogP contribution < -0.4 is 10.7 Å². The Hall–Kier alpha value is -3.23. The van der Waals surface area contributed by atoms with Gasteiger partial charge in [0.2, 0.25) is 0 Å². The van der Waals surface area contributed by atoms with Crippen LogP contribution in [0, 0.1) is 18.3 Å². The van der Waals surface area contributed by atoms with Crippen molar-refractivity contribution in [3.05, 3.63) is 51.3 Å². The van der Waals surface area contributed by atoms with E-state index in [-0.39, 0.29) is 11.9 Å². The summed E-state index contributed by atoms with van der Waals surface area (Å²) >= 11 is 3.53. The number of hydrogen-bond donors (Lipinski definition) is 3. The van der Waals surface area contributed by atoms with Crippen molar-refractivity contribution in [2.75, 3.05) is 19.6 Å². The number of aromatic amines is 1. The number of carbonyl (C=O) groups excluding carboxylic acids is 2. The number of likely N-dealkylation sites (tertiary alicyclic amines) is 1. The summed E-state index contributed by atoms with van der Waals surface area (Å²) in [5.41, 5.74) is 4.53. The van der Waals surface area contributed by atoms with Gasteiger partial charge in [-0.1, -0.05) is 15.9 Å². The van der Waals surface area contributed by atoms with Crippen LogP contribution in [0.2, 0.25) is 0 Å². The quantitative estimate of drug-likeness (QED) is 0.561. The van der Waals surface area contributed by atoms with E-state index in [9.17, 15) is 14.9 Å². The largest absolute Gasteiger partial charge is 0.435 e. The lowest BCUT2D eigenvalue weighted by Crippen LogP contribution is -2.57. The lowest BCUT2D eigenvalue weighted by molar-refractivity contribution is 0.00485. The molecule has 1 fully saturated rings. The van der Waals surface area contributed by atoms with E-state index < -0.39 is 11.7 Å². The number of nitrogens with zero attached hydrogens (tertiary/aromatic N) is 4. The molecule has 2 aliphatic heterocycles. The van der Waals surface area contributed by atoms with Gasteiger partial charge in [-0.3, -0.25) is 9.89 Å². The molecular formula is C22H24BrN7O3. The fourth-order valence-corrected chi connectivity index (χ4v) is 4.67. The molecule has 1 aromatic carbocycles. The summed E-state index contributed by atoms with van der Waals surface area (Å²) in [4.78, 5) is 26.6. The van der Waals surface area contributed by atoms with E-state index in [0.29, 0.717) is 49.4 Å². The fraction of sp³-hybridized carbons (Fsp3) is 0.409. The second-order valence-corrected chi connectivity index (χ2v) is 9.23. The van der Waals surface area contributed by atoms with Crippen LogP contribution in [0.1, 0.15) is 47.1 Å². The number of halogens is 1. The van der Waals surface area contributed by atoms with E-state index in [1.807, 2.05) is 13.8 Å². The van der Waals surface area contributed by atoms with E-state index in [4.69, 9.17) is 4.74 Å². The Bertz CT molecular complexity index is 1150. The summed E-state index contributed by atoms with van der Waals surface area (Å²) in [5.74, 6) is -0.218. The summed E-state index contributed by atoms with van der Waals surface area (Å²) in [7, 11) is 0. The first-order valence-corrected chi connectivity index (χ1v) is 11.4. The molecule has 2 aromatic rings. The third kappa shape index (κ3) is 4.91. The number of hydrogen-bond acceptors (Lipinski definition) is 7. The molecule has 33 heavy (non-hydrogen) atoms. The van der Waals surface area contributed by atoms with Crippen LogP contribution in [0.3, 0.4) is 0 Å². The first-order chi connectivity index (χ1) is 15.8. The zero-order valence-corrected chi connectivity index (χ0v) is 19.9. The first kappa shape index (κ1) is 22.9. The summed E-state index contributed by atoms with van der Waals surface area (Å²) in [6, 6.07) is 9.00. The maximum Gasteiger partial charge on any atom is 0.428 e. The molecule has 3 N–H and O–H groups in total. The zero-order valence-electron chi connectivity index (χ0n) is 18.3. The molecule has 0 unspecified atom stereocenters. The Morgan fingerprint density at radius 2 is 2.15 bits per heavy atom. The topological polar surface area (TPSA) is 136 Å². The number of ether oxygens (including phenoxy) is 1. The second kappa shape index (κ2) is 9.33. The van der Waals surface area contributed by atoms with Crippen LogP contribution in [0.25, 0.3) is 0 Å². The molecular weight excluding hydrogens is 490 g/mol. The normalized spacial score (nSPS) is 18.6. The number of aryl methyl sites for hydroxylation is 1. The van der Waals surface area contributed by atoms with E-state index in [1.54, 1.807) is 24.3 Å². The van der Waals surface area contributed by atoms with E-state index in [0.717, 1.165) is 15.7 Å². The van der Waals surface area contributed by atoms with Crippen molar-refractivity contribution in [3.63, 3.8) is 0 Å². The van der Waals surface area contributed by atoms with Gasteiger partial charge in [0.15, 0.2) is 5.60 Å². The average molecular weight is 514 g/mol. The predicted molar refractivity (Wildman–Crippen MR) is 124 cm³/mol. The van der Waals surface area contributed by atoms with Gasteiger partial charge >= 0.3 is 6.09 Å². The highest BCUT2D eigenvalue weighted by Crippen LogP contribution is 2.35. The van der Waals surface area contributed by atoms with Crippen molar-refractivity contribution in [2.45, 2.75) is 38.3 Å². The Kier molecular flexibility index (Phi) is 6.49. The van der Waals surface area contributed by atoms with Crippen molar-refractivity contribution < 1.29 is 14.3 Å². The van der Waals surface area contributed by atoms with Crippen LogP contribution >= 0.6 is 15.9 Å². The highest BCUT2D eigenvalue weighted by atomic mass is 79.9. The maximum atomic E-state index is 12.4. The predicted octanol–water partition coefficient (Wildman–Crippen LogP) is 2.45. The number of nitrogens with one attached hydrogen (secondary N) is 3. The summed E-state index contributed by atoms with van der Waals surface area (Å²) < 4.78 is 6.57. The monoisotopic (exact) mass is 513 g/mol. The maximum absolute atomic E-state index is 12.4. The minimum atomic E-state index is -0.880. The standard InChI is InChI=1S/C22H24BrN7O3/c1-13-9-18(27-26-13)20(31)25-14(2)12-30-7-5-22(6-8-30)19(28-29-21(32)33-22)16-10-15(11-24)3-4-17(16)23/h3-4,9-10,14H,5-8,12H2,1-2H3,(H,25,31)(H,26,27)(H,29,32)/t14-/m0/s1. The number of benzene rings is 1. The molecule has 3 heterocycles. The highest BCUT2D eigenvalue weighted by molar-refractivity contribution is 9.10. The number of piperidine rings is 1. The molecule has 11 heteroatoms. The minimum Gasteiger partial charge on any atom is -0.435 e. The number of rotatable bonds is 5. The third-order valence-corrected chi connectivity index (χ3v) is 6.53. The molecule has 0 saturated carbocycles. The van der Waals surface area contributed by atoms with Gasteiger partial charge in [-0.25, -0.2) is 10.2 Å². The molecule has 1 spiro atoms. The molecule has 4 rings (SSSR count). The van der Waals surface area contributed by atoms with Gasteiger partial charge in [0.25, 0.3) is 5.91 Å². The number of amides is 2. The van der Waals surface area contributed by atoms with Crippen LogP contribution in [-0.4, -0.2) is 64.1 Å². The highest BCUT2D eigenvalue weighted by Gasteiger charge is 2.46.